The molecule has 23 heavy (non-hydrogen) atoms. The third kappa shape index (κ3) is 7.26. The summed E-state index contributed by atoms with van der Waals surface area (Å²) >= 11 is 0. The van der Waals surface area contributed by atoms with Crippen LogP contribution in [0.1, 0.15) is 38.7 Å². The fraction of sp³-hybridized carbons (Fsp3) is 0.611. The maximum Gasteiger partial charge on any atom is 0.191 e. The smallest absolute Gasteiger partial charge is 0.191 e. The highest BCUT2D eigenvalue weighted by Crippen LogP contribution is 2.27. The normalized spacial score (nSPS) is 11.2. The molecule has 0 aliphatic carbocycles. The van der Waals surface area contributed by atoms with Gasteiger partial charge in [-0.25, -0.2) is 0 Å². The van der Waals surface area contributed by atoms with Gasteiger partial charge in [-0.2, -0.15) is 0 Å². The molecule has 0 amide bonds. The summed E-state index contributed by atoms with van der Waals surface area (Å²) in [5.41, 5.74) is 1.21. The minimum absolute atomic E-state index is 0.759. The van der Waals surface area contributed by atoms with Gasteiger partial charge in [0.2, 0.25) is 0 Å². The number of unbranched alkanes of at least 4 members (excludes halogenated alkanes) is 2. The Labute approximate surface area is 140 Å². The summed E-state index contributed by atoms with van der Waals surface area (Å²) < 4.78 is 10.6. The molecule has 0 heterocycles. The summed E-state index contributed by atoms with van der Waals surface area (Å²) in [6.45, 7) is 6.86. The predicted octanol–water partition coefficient (Wildman–Crippen LogP) is 2.99. The Bertz CT molecular complexity index is 475. The summed E-state index contributed by atoms with van der Waals surface area (Å²) in [7, 11) is 3.31. The van der Waals surface area contributed by atoms with Crippen LogP contribution in [0.4, 0.5) is 0 Å². The van der Waals surface area contributed by atoms with Crippen LogP contribution in [0.5, 0.6) is 11.5 Å². The van der Waals surface area contributed by atoms with Gasteiger partial charge < -0.3 is 20.1 Å². The molecule has 2 N–H and O–H groups in total. The molecule has 0 bridgehead atoms. The van der Waals surface area contributed by atoms with Crippen molar-refractivity contribution in [3.05, 3.63) is 23.8 Å². The van der Waals surface area contributed by atoms with Crippen molar-refractivity contribution in [1.82, 2.24) is 10.6 Å². The van der Waals surface area contributed by atoms with Crippen LogP contribution >= 0.6 is 0 Å². The first kappa shape index (κ1) is 19.1. The third-order valence-corrected chi connectivity index (χ3v) is 3.53. The minimum atomic E-state index is 0.759. The topological polar surface area (TPSA) is 54.9 Å². The van der Waals surface area contributed by atoms with E-state index in [2.05, 4.69) is 35.5 Å². The Morgan fingerprint density at radius 1 is 1.04 bits per heavy atom. The lowest BCUT2D eigenvalue weighted by atomic mass is 10.1. The summed E-state index contributed by atoms with van der Waals surface area (Å²) in [5, 5.41) is 6.66. The molecule has 0 atom stereocenters. The number of rotatable bonds is 10. The SMILES string of the molecule is CCCCCN=C(NCC)NCCc1ccc(OC)c(OC)c1. The maximum absolute atomic E-state index is 5.34. The second-order valence-corrected chi connectivity index (χ2v) is 5.33. The van der Waals surface area contributed by atoms with E-state index in [0.29, 0.717) is 0 Å². The van der Waals surface area contributed by atoms with Gasteiger partial charge in [0.05, 0.1) is 14.2 Å². The lowest BCUT2D eigenvalue weighted by Crippen LogP contribution is -2.38. The lowest BCUT2D eigenvalue weighted by Gasteiger charge is -2.12. The van der Waals surface area contributed by atoms with Gasteiger partial charge >= 0.3 is 0 Å². The number of guanidine groups is 1. The van der Waals surface area contributed by atoms with Crippen molar-refractivity contribution in [3.8, 4) is 11.5 Å². The van der Waals surface area contributed by atoms with Crippen molar-refractivity contribution in [2.45, 2.75) is 39.5 Å². The van der Waals surface area contributed by atoms with Crippen LogP contribution in [0, 0.1) is 0 Å². The highest BCUT2D eigenvalue weighted by Gasteiger charge is 2.04. The molecule has 1 rings (SSSR count). The first-order valence-corrected chi connectivity index (χ1v) is 8.48. The van der Waals surface area contributed by atoms with Crippen molar-refractivity contribution in [3.63, 3.8) is 0 Å². The van der Waals surface area contributed by atoms with Crippen molar-refractivity contribution in [2.75, 3.05) is 33.9 Å². The maximum atomic E-state index is 5.34. The number of nitrogens with one attached hydrogen (secondary N) is 2. The number of ether oxygens (including phenoxy) is 2. The molecule has 1 aromatic rings. The van der Waals surface area contributed by atoms with Gasteiger partial charge in [0.15, 0.2) is 17.5 Å². The van der Waals surface area contributed by atoms with E-state index in [4.69, 9.17) is 9.47 Å². The molecule has 130 valence electrons. The number of nitrogens with zero attached hydrogens (tertiary/aromatic N) is 1. The highest BCUT2D eigenvalue weighted by atomic mass is 16.5. The zero-order valence-corrected chi connectivity index (χ0v) is 14.9. The zero-order valence-electron chi connectivity index (χ0n) is 14.9. The van der Waals surface area contributed by atoms with E-state index < -0.39 is 0 Å². The van der Waals surface area contributed by atoms with Crippen molar-refractivity contribution < 1.29 is 9.47 Å². The van der Waals surface area contributed by atoms with Crippen LogP contribution in [0.15, 0.2) is 23.2 Å². The molecular formula is C18H31N3O2. The molecular weight excluding hydrogens is 290 g/mol. The van der Waals surface area contributed by atoms with Gasteiger partial charge in [-0.05, 0) is 37.5 Å². The first-order chi connectivity index (χ1) is 11.2. The van der Waals surface area contributed by atoms with Crippen LogP contribution in [0.2, 0.25) is 0 Å². The number of methoxy groups -OCH3 is 2. The van der Waals surface area contributed by atoms with E-state index in [9.17, 15) is 0 Å². The average molecular weight is 321 g/mol. The molecule has 0 radical (unpaired) electrons. The fourth-order valence-corrected chi connectivity index (χ4v) is 2.26. The Morgan fingerprint density at radius 2 is 1.83 bits per heavy atom. The molecule has 0 spiro atoms. The van der Waals surface area contributed by atoms with Gasteiger partial charge in [0.1, 0.15) is 0 Å². The largest absolute Gasteiger partial charge is 0.493 e. The molecule has 0 fully saturated rings. The van der Waals surface area contributed by atoms with Gasteiger partial charge in [-0.1, -0.05) is 25.8 Å². The van der Waals surface area contributed by atoms with E-state index in [1.807, 2.05) is 12.1 Å². The van der Waals surface area contributed by atoms with Crippen molar-refractivity contribution in [1.29, 1.82) is 0 Å². The average Bonchev–Trinajstić information content (AvgIpc) is 2.58. The Kier molecular flexibility index (Phi) is 9.68. The molecule has 0 aromatic heterocycles. The van der Waals surface area contributed by atoms with Crippen LogP contribution in [0.3, 0.4) is 0 Å². The Balaban J connectivity index is 2.49. The standard InChI is InChI=1S/C18H31N3O2/c1-5-7-8-12-20-18(19-6-2)21-13-11-15-9-10-16(22-3)17(14-15)23-4/h9-10,14H,5-8,11-13H2,1-4H3,(H2,19,20,21). The second kappa shape index (κ2) is 11.6. The molecule has 1 aromatic carbocycles. The quantitative estimate of drug-likeness (QED) is 0.395. The van der Waals surface area contributed by atoms with E-state index in [-0.39, 0.29) is 0 Å². The Hall–Kier alpha value is -1.91. The number of hydrogen-bond acceptors (Lipinski definition) is 3. The summed E-state index contributed by atoms with van der Waals surface area (Å²) in [6, 6.07) is 6.03. The van der Waals surface area contributed by atoms with E-state index in [0.717, 1.165) is 49.9 Å². The van der Waals surface area contributed by atoms with Crippen LogP contribution in [0.25, 0.3) is 0 Å². The first-order valence-electron chi connectivity index (χ1n) is 8.48. The van der Waals surface area contributed by atoms with Crippen molar-refractivity contribution in [2.24, 2.45) is 4.99 Å². The monoisotopic (exact) mass is 321 g/mol. The highest BCUT2D eigenvalue weighted by molar-refractivity contribution is 5.79. The zero-order chi connectivity index (χ0) is 16.9. The molecule has 0 aliphatic heterocycles. The molecule has 0 saturated heterocycles. The van der Waals surface area contributed by atoms with E-state index >= 15 is 0 Å². The van der Waals surface area contributed by atoms with Crippen molar-refractivity contribution >= 4 is 5.96 Å². The van der Waals surface area contributed by atoms with Gasteiger partial charge in [0.25, 0.3) is 0 Å². The Morgan fingerprint density at radius 3 is 2.48 bits per heavy atom. The minimum Gasteiger partial charge on any atom is -0.493 e. The molecule has 5 heteroatoms. The second-order valence-electron chi connectivity index (χ2n) is 5.33. The van der Waals surface area contributed by atoms with E-state index in [1.165, 1.54) is 18.4 Å². The van der Waals surface area contributed by atoms with Crippen LogP contribution in [-0.2, 0) is 6.42 Å². The lowest BCUT2D eigenvalue weighted by molar-refractivity contribution is 0.354. The third-order valence-electron chi connectivity index (χ3n) is 3.53. The summed E-state index contributed by atoms with van der Waals surface area (Å²) in [6.07, 6.45) is 4.50. The van der Waals surface area contributed by atoms with Crippen LogP contribution in [-0.4, -0.2) is 39.8 Å². The molecule has 0 saturated carbocycles. The van der Waals surface area contributed by atoms with Gasteiger partial charge in [0, 0.05) is 19.6 Å². The predicted molar refractivity (Wildman–Crippen MR) is 96.8 cm³/mol. The molecule has 5 nitrogen and oxygen atoms in total. The summed E-state index contributed by atoms with van der Waals surface area (Å²) in [4.78, 5) is 4.59. The number of hydrogen-bond donors (Lipinski definition) is 2. The van der Waals surface area contributed by atoms with E-state index in [1.54, 1.807) is 14.2 Å². The molecule has 0 unspecified atom stereocenters. The number of benzene rings is 1. The number of aliphatic imine (C=N–C) groups is 1. The fourth-order valence-electron chi connectivity index (χ4n) is 2.26. The summed E-state index contributed by atoms with van der Waals surface area (Å²) in [5.74, 6) is 2.42. The van der Waals surface area contributed by atoms with Crippen LogP contribution < -0.4 is 20.1 Å². The van der Waals surface area contributed by atoms with Gasteiger partial charge in [-0.15, -0.1) is 0 Å². The van der Waals surface area contributed by atoms with Gasteiger partial charge in [-0.3, -0.25) is 4.99 Å². The molecule has 0 aliphatic rings.